The third kappa shape index (κ3) is 3.05. The number of nitrogens with zero attached hydrogens (tertiary/aromatic N) is 2. The van der Waals surface area contributed by atoms with E-state index in [-0.39, 0.29) is 18.2 Å². The highest BCUT2D eigenvalue weighted by atomic mass is 16.7. The summed E-state index contributed by atoms with van der Waals surface area (Å²) in [5, 5.41) is 0. The minimum Gasteiger partial charge on any atom is -0.469 e. The molecule has 0 saturated carbocycles. The number of aromatic nitrogens is 2. The van der Waals surface area contributed by atoms with Crippen LogP contribution in [0.3, 0.4) is 0 Å². The minimum absolute atomic E-state index is 0.171. The van der Waals surface area contributed by atoms with E-state index in [9.17, 15) is 4.79 Å². The summed E-state index contributed by atoms with van der Waals surface area (Å²) in [7, 11) is 0.854. The van der Waals surface area contributed by atoms with Crippen LogP contribution in [-0.2, 0) is 25.4 Å². The highest BCUT2D eigenvalue weighted by Gasteiger charge is 2.55. The molecule has 122 valence electrons. The summed E-state index contributed by atoms with van der Waals surface area (Å²) in [4.78, 5) is 16.2. The van der Waals surface area contributed by atoms with Crippen LogP contribution in [0.2, 0.25) is 0 Å². The van der Waals surface area contributed by atoms with E-state index in [0.717, 1.165) is 12.4 Å². The maximum absolute atomic E-state index is 11.8. The molecule has 1 fully saturated rings. The number of hydrogen-bond acceptors (Lipinski definition) is 5. The van der Waals surface area contributed by atoms with Crippen molar-refractivity contribution in [2.45, 2.75) is 64.6 Å². The van der Waals surface area contributed by atoms with Crippen molar-refractivity contribution in [3.8, 4) is 0 Å². The van der Waals surface area contributed by atoms with Crippen molar-refractivity contribution in [2.24, 2.45) is 0 Å². The standard InChI is InChI=1S/C15H25BN2O4/c1-7-18-9-8-17-13(18)11(10-12(19)20-6)16-21-14(2,3)15(4,5)22-16/h8-9,11H,7,10H2,1-6H3. The van der Waals surface area contributed by atoms with E-state index in [1.165, 1.54) is 7.11 Å². The largest absolute Gasteiger partial charge is 0.469 e. The number of hydrogen-bond donors (Lipinski definition) is 0. The van der Waals surface area contributed by atoms with E-state index in [2.05, 4.69) is 4.98 Å². The van der Waals surface area contributed by atoms with Crippen LogP contribution in [0.1, 0.15) is 52.7 Å². The SMILES string of the molecule is CCn1ccnc1C(CC(=O)OC)B1OC(C)(C)C(C)(C)O1. The minimum atomic E-state index is -0.531. The molecule has 7 heteroatoms. The Morgan fingerprint density at radius 1 is 1.36 bits per heavy atom. The normalized spacial score (nSPS) is 20.9. The van der Waals surface area contributed by atoms with Crippen LogP contribution < -0.4 is 0 Å². The van der Waals surface area contributed by atoms with Crippen molar-refractivity contribution in [1.29, 1.82) is 0 Å². The number of methoxy groups -OCH3 is 1. The Balaban J connectivity index is 2.32. The first-order valence-corrected chi connectivity index (χ1v) is 7.65. The van der Waals surface area contributed by atoms with Gasteiger partial charge in [-0.15, -0.1) is 0 Å². The number of esters is 1. The van der Waals surface area contributed by atoms with Gasteiger partial charge in [0.05, 0.1) is 30.5 Å². The van der Waals surface area contributed by atoms with Crippen molar-refractivity contribution in [2.75, 3.05) is 7.11 Å². The molecule has 1 aliphatic heterocycles. The van der Waals surface area contributed by atoms with Gasteiger partial charge in [0.2, 0.25) is 0 Å². The Morgan fingerprint density at radius 3 is 2.45 bits per heavy atom. The second-order valence-electron chi connectivity index (χ2n) is 6.58. The van der Waals surface area contributed by atoms with Crippen LogP contribution in [0.25, 0.3) is 0 Å². The third-order valence-corrected chi connectivity index (χ3v) is 4.63. The average molecular weight is 308 g/mol. The number of aryl methyl sites for hydroxylation is 1. The van der Waals surface area contributed by atoms with Crippen molar-refractivity contribution < 1.29 is 18.8 Å². The van der Waals surface area contributed by atoms with Gasteiger partial charge in [0, 0.05) is 18.9 Å². The average Bonchev–Trinajstić information content (AvgIpc) is 2.98. The fourth-order valence-electron chi connectivity index (χ4n) is 2.54. The van der Waals surface area contributed by atoms with Gasteiger partial charge in [0.15, 0.2) is 0 Å². The molecule has 2 heterocycles. The molecule has 0 amide bonds. The first-order chi connectivity index (χ1) is 10.2. The monoisotopic (exact) mass is 308 g/mol. The molecule has 1 aromatic rings. The van der Waals surface area contributed by atoms with Crippen LogP contribution in [0.15, 0.2) is 12.4 Å². The van der Waals surface area contributed by atoms with Crippen LogP contribution in [0.4, 0.5) is 0 Å². The van der Waals surface area contributed by atoms with E-state index in [4.69, 9.17) is 14.0 Å². The Morgan fingerprint density at radius 2 is 1.95 bits per heavy atom. The summed E-state index contributed by atoms with van der Waals surface area (Å²) < 4.78 is 19.1. The predicted octanol–water partition coefficient (Wildman–Crippen LogP) is 2.18. The number of carbonyl (C=O) groups is 1. The number of rotatable bonds is 5. The number of imidazole rings is 1. The molecule has 1 unspecified atom stereocenters. The highest BCUT2D eigenvalue weighted by molar-refractivity contribution is 6.47. The van der Waals surface area contributed by atoms with Gasteiger partial charge < -0.3 is 18.6 Å². The second kappa shape index (κ2) is 6.04. The van der Waals surface area contributed by atoms with Crippen molar-refractivity contribution in [3.05, 3.63) is 18.2 Å². The van der Waals surface area contributed by atoms with Crippen molar-refractivity contribution in [1.82, 2.24) is 9.55 Å². The molecule has 0 aliphatic carbocycles. The molecule has 2 rings (SSSR count). The van der Waals surface area contributed by atoms with Crippen LogP contribution in [-0.4, -0.2) is 41.0 Å². The van der Waals surface area contributed by atoms with Gasteiger partial charge in [0.1, 0.15) is 5.82 Å². The second-order valence-corrected chi connectivity index (χ2v) is 6.58. The molecule has 6 nitrogen and oxygen atoms in total. The lowest BCUT2D eigenvalue weighted by molar-refractivity contribution is -0.140. The lowest BCUT2D eigenvalue weighted by Crippen LogP contribution is -2.41. The summed E-state index contributed by atoms with van der Waals surface area (Å²) in [6, 6.07) is 0. The molecular formula is C15H25BN2O4. The van der Waals surface area contributed by atoms with Gasteiger partial charge in [-0.05, 0) is 34.6 Å². The Kier molecular flexibility index (Phi) is 4.68. The maximum Gasteiger partial charge on any atom is 0.469 e. The van der Waals surface area contributed by atoms with Crippen molar-refractivity contribution in [3.63, 3.8) is 0 Å². The van der Waals surface area contributed by atoms with E-state index in [1.807, 2.05) is 45.4 Å². The van der Waals surface area contributed by atoms with E-state index >= 15 is 0 Å². The van der Waals surface area contributed by atoms with Gasteiger partial charge in [0.25, 0.3) is 0 Å². The molecule has 0 radical (unpaired) electrons. The van der Waals surface area contributed by atoms with Crippen LogP contribution in [0.5, 0.6) is 0 Å². The molecule has 1 saturated heterocycles. The summed E-state index contributed by atoms with van der Waals surface area (Å²) in [6.45, 7) is 10.8. The van der Waals surface area contributed by atoms with Gasteiger partial charge in [-0.1, -0.05) is 0 Å². The van der Waals surface area contributed by atoms with Crippen LogP contribution >= 0.6 is 0 Å². The number of carbonyl (C=O) groups excluding carboxylic acids is 1. The zero-order valence-electron chi connectivity index (χ0n) is 14.3. The first kappa shape index (κ1) is 17.0. The maximum atomic E-state index is 11.8. The number of ether oxygens (including phenoxy) is 1. The zero-order chi connectivity index (χ0) is 16.5. The van der Waals surface area contributed by atoms with Gasteiger partial charge in [-0.2, -0.15) is 0 Å². The molecule has 1 aliphatic rings. The summed E-state index contributed by atoms with van der Waals surface area (Å²) >= 11 is 0. The van der Waals surface area contributed by atoms with E-state index in [0.29, 0.717) is 0 Å². The third-order valence-electron chi connectivity index (χ3n) is 4.63. The molecule has 0 bridgehead atoms. The molecular weight excluding hydrogens is 283 g/mol. The molecule has 1 atom stereocenters. The quantitative estimate of drug-likeness (QED) is 0.616. The topological polar surface area (TPSA) is 62.6 Å². The zero-order valence-corrected chi connectivity index (χ0v) is 14.3. The fraction of sp³-hybridized carbons (Fsp3) is 0.733. The smallest absolute Gasteiger partial charge is 0.469 e. The van der Waals surface area contributed by atoms with E-state index < -0.39 is 18.3 Å². The highest BCUT2D eigenvalue weighted by Crippen LogP contribution is 2.41. The Labute approximate surface area is 132 Å². The van der Waals surface area contributed by atoms with Crippen LogP contribution in [0, 0.1) is 0 Å². The fourth-order valence-corrected chi connectivity index (χ4v) is 2.54. The van der Waals surface area contributed by atoms with Gasteiger partial charge in [-0.25, -0.2) is 4.98 Å². The summed E-state index contributed by atoms with van der Waals surface area (Å²) in [5.74, 6) is 0.181. The molecule has 0 aromatic carbocycles. The lowest BCUT2D eigenvalue weighted by Gasteiger charge is -2.32. The van der Waals surface area contributed by atoms with E-state index in [1.54, 1.807) is 6.20 Å². The van der Waals surface area contributed by atoms with Gasteiger partial charge in [-0.3, -0.25) is 4.79 Å². The first-order valence-electron chi connectivity index (χ1n) is 7.65. The van der Waals surface area contributed by atoms with Crippen molar-refractivity contribution >= 4 is 13.1 Å². The van der Waals surface area contributed by atoms with Gasteiger partial charge >= 0.3 is 13.1 Å². The Bertz CT molecular complexity index is 525. The summed E-state index contributed by atoms with van der Waals surface area (Å²) in [6.07, 6.45) is 3.80. The lowest BCUT2D eigenvalue weighted by atomic mass is 9.69. The molecule has 0 N–H and O–H groups in total. The predicted molar refractivity (Wildman–Crippen MR) is 83.4 cm³/mol. The molecule has 1 aromatic heterocycles. The summed E-state index contributed by atoms with van der Waals surface area (Å²) in [5.41, 5.74) is -0.897. The molecule has 22 heavy (non-hydrogen) atoms. The Hall–Kier alpha value is -1.34. The molecule has 0 spiro atoms.